The Balaban J connectivity index is 2.72. The van der Waals surface area contributed by atoms with Crippen LogP contribution in [0, 0.1) is 0 Å². The van der Waals surface area contributed by atoms with Gasteiger partial charge in [0.1, 0.15) is 4.88 Å². The molecule has 94 valence electrons. The number of ether oxygens (including phenoxy) is 1. The maximum Gasteiger partial charge on any atom is 0.350 e. The summed E-state index contributed by atoms with van der Waals surface area (Å²) in [6.07, 6.45) is 0.184. The van der Waals surface area contributed by atoms with E-state index in [1.54, 1.807) is 25.3 Å². The van der Waals surface area contributed by atoms with Gasteiger partial charge in [0.25, 0.3) is 0 Å². The largest absolute Gasteiger partial charge is 0.465 e. The highest BCUT2D eigenvalue weighted by Crippen LogP contribution is 2.23. The number of methoxy groups -OCH3 is 1. The van der Waals surface area contributed by atoms with Crippen LogP contribution in [0.2, 0.25) is 0 Å². The maximum atomic E-state index is 11.7. The molecule has 0 fully saturated rings. The Morgan fingerprint density at radius 1 is 1.53 bits per heavy atom. The zero-order valence-electron chi connectivity index (χ0n) is 10.1. The Hall–Kier alpha value is -1.40. The molecule has 1 amide bonds. The van der Waals surface area contributed by atoms with Gasteiger partial charge in [0, 0.05) is 12.0 Å². The van der Waals surface area contributed by atoms with Crippen molar-refractivity contribution in [2.24, 2.45) is 5.73 Å². The molecule has 6 heteroatoms. The van der Waals surface area contributed by atoms with Crippen LogP contribution in [0.1, 0.15) is 29.9 Å². The molecule has 17 heavy (non-hydrogen) atoms. The number of amides is 1. The van der Waals surface area contributed by atoms with E-state index in [0.717, 1.165) is 0 Å². The molecule has 0 atom stereocenters. The van der Waals surface area contributed by atoms with Crippen LogP contribution in [0.15, 0.2) is 11.4 Å². The normalized spacial score (nSPS) is 11.1. The Labute approximate surface area is 104 Å². The fourth-order valence-corrected chi connectivity index (χ4v) is 2.03. The van der Waals surface area contributed by atoms with Gasteiger partial charge in [-0.3, -0.25) is 4.79 Å². The van der Waals surface area contributed by atoms with Crippen molar-refractivity contribution in [2.45, 2.75) is 25.8 Å². The first kappa shape index (κ1) is 13.7. The maximum absolute atomic E-state index is 11.7. The predicted octanol–water partition coefficient (Wildman–Crippen LogP) is 1.60. The lowest BCUT2D eigenvalue weighted by Gasteiger charge is -2.17. The van der Waals surface area contributed by atoms with Gasteiger partial charge < -0.3 is 15.8 Å². The van der Waals surface area contributed by atoms with E-state index in [9.17, 15) is 9.59 Å². The number of rotatable bonds is 4. The highest BCUT2D eigenvalue weighted by atomic mass is 32.1. The number of thiophene rings is 1. The lowest BCUT2D eigenvalue weighted by Crippen LogP contribution is -2.36. The van der Waals surface area contributed by atoms with Crippen molar-refractivity contribution in [1.82, 2.24) is 0 Å². The molecule has 0 saturated heterocycles. The molecule has 0 bridgehead atoms. The molecule has 0 aliphatic carbocycles. The summed E-state index contributed by atoms with van der Waals surface area (Å²) in [4.78, 5) is 23.4. The summed E-state index contributed by atoms with van der Waals surface area (Å²) in [6, 6.07) is 1.67. The SMILES string of the molecule is COC(=O)c1sccc1NC(=O)CC(C)(C)N. The number of esters is 1. The number of carbonyl (C=O) groups excluding carboxylic acids is 2. The zero-order chi connectivity index (χ0) is 13.1. The minimum absolute atomic E-state index is 0.184. The highest BCUT2D eigenvalue weighted by Gasteiger charge is 2.19. The number of hydrogen-bond donors (Lipinski definition) is 2. The van der Waals surface area contributed by atoms with E-state index in [1.807, 2.05) is 0 Å². The van der Waals surface area contributed by atoms with Crippen molar-refractivity contribution in [1.29, 1.82) is 0 Å². The highest BCUT2D eigenvalue weighted by molar-refractivity contribution is 7.12. The van der Waals surface area contributed by atoms with Gasteiger partial charge in [-0.2, -0.15) is 0 Å². The monoisotopic (exact) mass is 256 g/mol. The molecule has 0 aromatic carbocycles. The molecule has 0 aliphatic rings. The van der Waals surface area contributed by atoms with Crippen LogP contribution in [-0.2, 0) is 9.53 Å². The predicted molar refractivity (Wildman–Crippen MR) is 67.2 cm³/mol. The Morgan fingerprint density at radius 3 is 2.71 bits per heavy atom. The lowest BCUT2D eigenvalue weighted by molar-refractivity contribution is -0.117. The molecule has 5 nitrogen and oxygen atoms in total. The van der Waals surface area contributed by atoms with Crippen molar-refractivity contribution >= 4 is 28.9 Å². The fourth-order valence-electron chi connectivity index (χ4n) is 1.27. The van der Waals surface area contributed by atoms with Crippen molar-refractivity contribution in [2.75, 3.05) is 12.4 Å². The molecule has 0 radical (unpaired) electrons. The fraction of sp³-hybridized carbons (Fsp3) is 0.455. The second-order valence-corrected chi connectivity index (χ2v) is 5.28. The van der Waals surface area contributed by atoms with E-state index in [-0.39, 0.29) is 12.3 Å². The lowest BCUT2D eigenvalue weighted by atomic mass is 10.0. The van der Waals surface area contributed by atoms with Crippen molar-refractivity contribution < 1.29 is 14.3 Å². The van der Waals surface area contributed by atoms with Gasteiger partial charge >= 0.3 is 5.97 Å². The first-order valence-electron chi connectivity index (χ1n) is 5.08. The summed E-state index contributed by atoms with van der Waals surface area (Å²) in [5.74, 6) is -0.677. The number of nitrogens with one attached hydrogen (secondary N) is 1. The quantitative estimate of drug-likeness (QED) is 0.802. The number of nitrogens with two attached hydrogens (primary N) is 1. The summed E-state index contributed by atoms with van der Waals surface area (Å²) in [5, 5.41) is 4.37. The van der Waals surface area contributed by atoms with E-state index < -0.39 is 11.5 Å². The van der Waals surface area contributed by atoms with Crippen molar-refractivity contribution in [3.63, 3.8) is 0 Å². The second-order valence-electron chi connectivity index (χ2n) is 4.37. The average Bonchev–Trinajstić information content (AvgIpc) is 2.61. The van der Waals surface area contributed by atoms with Crippen LogP contribution in [0.5, 0.6) is 0 Å². The zero-order valence-corrected chi connectivity index (χ0v) is 10.9. The first-order chi connectivity index (χ1) is 7.83. The van der Waals surface area contributed by atoms with Crippen LogP contribution < -0.4 is 11.1 Å². The van der Waals surface area contributed by atoms with Gasteiger partial charge in [0.05, 0.1) is 12.8 Å². The molecule has 1 heterocycles. The first-order valence-corrected chi connectivity index (χ1v) is 5.96. The Kier molecular flexibility index (Phi) is 4.25. The smallest absolute Gasteiger partial charge is 0.350 e. The third kappa shape index (κ3) is 4.16. The molecule has 0 saturated carbocycles. The van der Waals surface area contributed by atoms with E-state index >= 15 is 0 Å². The van der Waals surface area contributed by atoms with Crippen molar-refractivity contribution in [3.8, 4) is 0 Å². The third-order valence-electron chi connectivity index (χ3n) is 1.93. The summed E-state index contributed by atoms with van der Waals surface area (Å²) < 4.78 is 4.61. The van der Waals surface area contributed by atoms with Gasteiger partial charge in [-0.15, -0.1) is 11.3 Å². The number of hydrogen-bond acceptors (Lipinski definition) is 5. The standard InChI is InChI=1S/C11H16N2O3S/c1-11(2,12)6-8(14)13-7-4-5-17-9(7)10(15)16-3/h4-5H,6,12H2,1-3H3,(H,13,14). The van der Waals surface area contributed by atoms with Gasteiger partial charge in [-0.25, -0.2) is 4.79 Å². The average molecular weight is 256 g/mol. The summed E-state index contributed by atoms with van der Waals surface area (Å²) >= 11 is 1.22. The van der Waals surface area contributed by atoms with Gasteiger partial charge in [0.2, 0.25) is 5.91 Å². The molecule has 0 spiro atoms. The summed E-state index contributed by atoms with van der Waals surface area (Å²) in [7, 11) is 1.30. The molecule has 0 unspecified atom stereocenters. The van der Waals surface area contributed by atoms with Crippen molar-refractivity contribution in [3.05, 3.63) is 16.3 Å². The minimum Gasteiger partial charge on any atom is -0.465 e. The molecular formula is C11H16N2O3S. The Morgan fingerprint density at radius 2 is 2.18 bits per heavy atom. The van der Waals surface area contributed by atoms with Crippen LogP contribution in [0.3, 0.4) is 0 Å². The van der Waals surface area contributed by atoms with Crippen LogP contribution >= 0.6 is 11.3 Å². The molecular weight excluding hydrogens is 240 g/mol. The van der Waals surface area contributed by atoms with E-state index in [0.29, 0.717) is 10.6 Å². The second kappa shape index (κ2) is 5.29. The van der Waals surface area contributed by atoms with Gasteiger partial charge in [0.15, 0.2) is 0 Å². The minimum atomic E-state index is -0.578. The summed E-state index contributed by atoms with van der Waals surface area (Å²) in [5.41, 5.74) is 5.63. The van der Waals surface area contributed by atoms with Gasteiger partial charge in [-0.1, -0.05) is 0 Å². The Bertz CT molecular complexity index is 421. The topological polar surface area (TPSA) is 81.4 Å². The van der Waals surface area contributed by atoms with Gasteiger partial charge in [-0.05, 0) is 25.3 Å². The number of carbonyl (C=O) groups is 2. The number of anilines is 1. The molecule has 1 aromatic rings. The van der Waals surface area contributed by atoms with E-state index in [4.69, 9.17) is 5.73 Å². The molecule has 1 rings (SSSR count). The molecule has 1 aromatic heterocycles. The van der Waals surface area contributed by atoms with E-state index in [2.05, 4.69) is 10.1 Å². The van der Waals surface area contributed by atoms with E-state index in [1.165, 1.54) is 18.4 Å². The van der Waals surface area contributed by atoms with Crippen LogP contribution in [0.4, 0.5) is 5.69 Å². The van der Waals surface area contributed by atoms with Crippen LogP contribution in [0.25, 0.3) is 0 Å². The summed E-state index contributed by atoms with van der Waals surface area (Å²) in [6.45, 7) is 3.53. The molecule has 0 aliphatic heterocycles. The molecule has 3 N–H and O–H groups in total. The van der Waals surface area contributed by atoms with Crippen LogP contribution in [-0.4, -0.2) is 24.5 Å². The third-order valence-corrected chi connectivity index (χ3v) is 2.82.